The Bertz CT molecular complexity index is 279. The van der Waals surface area contributed by atoms with Crippen molar-refractivity contribution >= 4 is 12.3 Å². The van der Waals surface area contributed by atoms with Crippen molar-refractivity contribution in [3.63, 3.8) is 0 Å². The zero-order chi connectivity index (χ0) is 13.6. The van der Waals surface area contributed by atoms with E-state index < -0.39 is 5.41 Å². The van der Waals surface area contributed by atoms with Crippen LogP contribution in [0.15, 0.2) is 0 Å². The molecule has 0 aromatic heterocycles. The van der Waals surface area contributed by atoms with E-state index in [1.54, 1.807) is 0 Å². The molecular weight excluding hydrogens is 228 g/mol. The SMILES string of the molecule is CCC(C)(CCC=O)C(=O)OC1CCC(C)CC1. The molecule has 0 N–H and O–H groups in total. The monoisotopic (exact) mass is 254 g/mol. The summed E-state index contributed by atoms with van der Waals surface area (Å²) in [5.41, 5.74) is -0.496. The van der Waals surface area contributed by atoms with Crippen molar-refractivity contribution in [1.82, 2.24) is 0 Å². The van der Waals surface area contributed by atoms with Crippen molar-refractivity contribution in [2.24, 2.45) is 11.3 Å². The van der Waals surface area contributed by atoms with Crippen molar-refractivity contribution < 1.29 is 14.3 Å². The van der Waals surface area contributed by atoms with Gasteiger partial charge >= 0.3 is 5.97 Å². The minimum absolute atomic E-state index is 0.0933. The Kier molecular flexibility index (Phi) is 5.83. The highest BCUT2D eigenvalue weighted by atomic mass is 16.5. The summed E-state index contributed by atoms with van der Waals surface area (Å²) >= 11 is 0. The van der Waals surface area contributed by atoms with Gasteiger partial charge in [0, 0.05) is 6.42 Å². The first kappa shape index (κ1) is 15.2. The highest BCUT2D eigenvalue weighted by Gasteiger charge is 2.34. The molecule has 1 unspecified atom stereocenters. The number of carbonyl (C=O) groups excluding carboxylic acids is 2. The first-order chi connectivity index (χ1) is 8.51. The summed E-state index contributed by atoms with van der Waals surface area (Å²) in [6, 6.07) is 0. The van der Waals surface area contributed by atoms with Crippen molar-refractivity contribution in [2.75, 3.05) is 0 Å². The van der Waals surface area contributed by atoms with Gasteiger partial charge in [-0.05, 0) is 51.4 Å². The molecule has 0 spiro atoms. The summed E-state index contributed by atoms with van der Waals surface area (Å²) in [4.78, 5) is 22.7. The van der Waals surface area contributed by atoms with Crippen LogP contribution in [0.1, 0.15) is 65.7 Å². The van der Waals surface area contributed by atoms with Crippen LogP contribution in [-0.4, -0.2) is 18.4 Å². The minimum Gasteiger partial charge on any atom is -0.462 e. The van der Waals surface area contributed by atoms with Crippen LogP contribution in [0, 0.1) is 11.3 Å². The van der Waals surface area contributed by atoms with Crippen molar-refractivity contribution in [1.29, 1.82) is 0 Å². The lowest BCUT2D eigenvalue weighted by Gasteiger charge is -2.31. The number of aldehydes is 1. The Morgan fingerprint density at radius 2 is 1.94 bits per heavy atom. The minimum atomic E-state index is -0.496. The molecule has 0 aliphatic heterocycles. The van der Waals surface area contributed by atoms with Crippen LogP contribution in [0.3, 0.4) is 0 Å². The summed E-state index contributed by atoms with van der Waals surface area (Å²) in [5.74, 6) is 0.638. The summed E-state index contributed by atoms with van der Waals surface area (Å²) in [7, 11) is 0. The van der Waals surface area contributed by atoms with Gasteiger partial charge < -0.3 is 9.53 Å². The average Bonchev–Trinajstić information content (AvgIpc) is 2.38. The third kappa shape index (κ3) is 4.11. The molecule has 1 saturated carbocycles. The second kappa shape index (κ2) is 6.91. The van der Waals surface area contributed by atoms with Gasteiger partial charge in [0.05, 0.1) is 5.41 Å². The van der Waals surface area contributed by atoms with E-state index in [4.69, 9.17) is 4.74 Å². The average molecular weight is 254 g/mol. The molecule has 0 radical (unpaired) electrons. The molecule has 0 heterocycles. The summed E-state index contributed by atoms with van der Waals surface area (Å²) in [6.07, 6.45) is 6.99. The van der Waals surface area contributed by atoms with Crippen LogP contribution in [0.5, 0.6) is 0 Å². The van der Waals surface area contributed by atoms with Gasteiger partial charge in [-0.15, -0.1) is 0 Å². The van der Waals surface area contributed by atoms with E-state index in [0.717, 1.165) is 44.3 Å². The number of hydrogen-bond acceptors (Lipinski definition) is 3. The zero-order valence-electron chi connectivity index (χ0n) is 11.9. The highest BCUT2D eigenvalue weighted by Crippen LogP contribution is 2.32. The lowest BCUT2D eigenvalue weighted by molar-refractivity contribution is -0.163. The van der Waals surface area contributed by atoms with Gasteiger partial charge in [-0.25, -0.2) is 0 Å². The quantitative estimate of drug-likeness (QED) is 0.538. The van der Waals surface area contributed by atoms with E-state index in [9.17, 15) is 9.59 Å². The molecule has 1 fully saturated rings. The van der Waals surface area contributed by atoms with Crippen LogP contribution in [0.25, 0.3) is 0 Å². The van der Waals surface area contributed by atoms with E-state index in [-0.39, 0.29) is 12.1 Å². The number of rotatable bonds is 6. The van der Waals surface area contributed by atoms with Crippen molar-refractivity contribution in [3.05, 3.63) is 0 Å². The smallest absolute Gasteiger partial charge is 0.312 e. The van der Waals surface area contributed by atoms with Gasteiger partial charge in [0.25, 0.3) is 0 Å². The van der Waals surface area contributed by atoms with E-state index in [1.807, 2.05) is 13.8 Å². The maximum absolute atomic E-state index is 12.2. The Labute approximate surface area is 110 Å². The standard InChI is InChI=1S/C15H26O3/c1-4-15(3,10-5-11-16)14(17)18-13-8-6-12(2)7-9-13/h11-13H,4-10H2,1-3H3. The fourth-order valence-corrected chi connectivity index (χ4v) is 2.44. The Balaban J connectivity index is 2.48. The molecule has 0 aromatic carbocycles. The first-order valence-corrected chi connectivity index (χ1v) is 7.16. The normalized spacial score (nSPS) is 27.3. The molecule has 0 aromatic rings. The molecule has 104 valence electrons. The Morgan fingerprint density at radius 3 is 2.44 bits per heavy atom. The molecule has 3 heteroatoms. The first-order valence-electron chi connectivity index (χ1n) is 7.16. The number of esters is 1. The molecule has 3 nitrogen and oxygen atoms in total. The molecule has 0 amide bonds. The summed E-state index contributed by atoms with van der Waals surface area (Å²) in [5, 5.41) is 0. The van der Waals surface area contributed by atoms with Gasteiger partial charge in [0.1, 0.15) is 12.4 Å². The molecule has 1 atom stereocenters. The highest BCUT2D eigenvalue weighted by molar-refractivity contribution is 5.76. The van der Waals surface area contributed by atoms with Crippen LogP contribution in [0.2, 0.25) is 0 Å². The molecule has 18 heavy (non-hydrogen) atoms. The second-order valence-electron chi connectivity index (χ2n) is 5.91. The van der Waals surface area contributed by atoms with Crippen molar-refractivity contribution in [3.8, 4) is 0 Å². The largest absolute Gasteiger partial charge is 0.462 e. The van der Waals surface area contributed by atoms with E-state index >= 15 is 0 Å². The molecule has 0 bridgehead atoms. The predicted octanol–water partition coefficient (Wildman–Crippen LogP) is 3.50. The van der Waals surface area contributed by atoms with Gasteiger partial charge in [0.2, 0.25) is 0 Å². The van der Waals surface area contributed by atoms with Gasteiger partial charge in [-0.2, -0.15) is 0 Å². The third-order valence-electron chi connectivity index (χ3n) is 4.32. The number of hydrogen-bond donors (Lipinski definition) is 0. The molecule has 1 aliphatic carbocycles. The van der Waals surface area contributed by atoms with Crippen LogP contribution in [-0.2, 0) is 14.3 Å². The topological polar surface area (TPSA) is 43.4 Å². The maximum atomic E-state index is 12.2. The van der Waals surface area contributed by atoms with E-state index in [2.05, 4.69) is 6.92 Å². The van der Waals surface area contributed by atoms with Crippen molar-refractivity contribution in [2.45, 2.75) is 71.8 Å². The summed E-state index contributed by atoms with van der Waals surface area (Å²) in [6.45, 7) is 6.14. The zero-order valence-corrected chi connectivity index (χ0v) is 11.9. The van der Waals surface area contributed by atoms with Gasteiger partial charge in [0.15, 0.2) is 0 Å². The fraction of sp³-hybridized carbons (Fsp3) is 0.867. The summed E-state index contributed by atoms with van der Waals surface area (Å²) < 4.78 is 5.64. The molecular formula is C15H26O3. The van der Waals surface area contributed by atoms with Gasteiger partial charge in [-0.1, -0.05) is 13.8 Å². The lowest BCUT2D eigenvalue weighted by Crippen LogP contribution is -2.34. The predicted molar refractivity (Wildman–Crippen MR) is 71.2 cm³/mol. The van der Waals surface area contributed by atoms with E-state index in [0.29, 0.717) is 12.8 Å². The second-order valence-corrected chi connectivity index (χ2v) is 5.91. The third-order valence-corrected chi connectivity index (χ3v) is 4.32. The molecule has 0 saturated heterocycles. The number of carbonyl (C=O) groups is 2. The maximum Gasteiger partial charge on any atom is 0.312 e. The van der Waals surface area contributed by atoms with Gasteiger partial charge in [-0.3, -0.25) is 4.79 Å². The van der Waals surface area contributed by atoms with Crippen LogP contribution >= 0.6 is 0 Å². The molecule has 1 aliphatic rings. The van der Waals surface area contributed by atoms with Crippen LogP contribution in [0.4, 0.5) is 0 Å². The molecule has 1 rings (SSSR count). The number of ether oxygens (including phenoxy) is 1. The van der Waals surface area contributed by atoms with Crippen LogP contribution < -0.4 is 0 Å². The lowest BCUT2D eigenvalue weighted by atomic mass is 9.82. The Morgan fingerprint density at radius 1 is 1.33 bits per heavy atom. The fourth-order valence-electron chi connectivity index (χ4n) is 2.44. The van der Waals surface area contributed by atoms with E-state index in [1.165, 1.54) is 0 Å². The Hall–Kier alpha value is -0.860.